The molecule has 136 valence electrons. The summed E-state index contributed by atoms with van der Waals surface area (Å²) in [6.45, 7) is 7.58. The van der Waals surface area contributed by atoms with Gasteiger partial charge in [-0.1, -0.05) is 0 Å². The maximum atomic E-state index is 10.0. The number of piperidine rings is 2. The SMILES string of the molecule is COCCCN1CCC2(CC1)CCN(Cc1ccco1)C[C@H]2CO. The van der Waals surface area contributed by atoms with Crippen LogP contribution in [0.4, 0.5) is 0 Å². The number of nitrogens with zero attached hydrogens (tertiary/aromatic N) is 2. The molecule has 0 aliphatic carbocycles. The molecule has 0 amide bonds. The molecule has 2 fully saturated rings. The summed E-state index contributed by atoms with van der Waals surface area (Å²) in [4.78, 5) is 5.00. The van der Waals surface area contributed by atoms with Gasteiger partial charge in [0.2, 0.25) is 0 Å². The van der Waals surface area contributed by atoms with Gasteiger partial charge >= 0.3 is 0 Å². The van der Waals surface area contributed by atoms with Crippen molar-refractivity contribution in [2.45, 2.75) is 32.2 Å². The highest BCUT2D eigenvalue weighted by molar-refractivity contribution is 5.01. The molecule has 0 saturated carbocycles. The van der Waals surface area contributed by atoms with Crippen LogP contribution in [0, 0.1) is 11.3 Å². The molecule has 1 N–H and O–H groups in total. The van der Waals surface area contributed by atoms with Gasteiger partial charge in [0.15, 0.2) is 0 Å². The van der Waals surface area contributed by atoms with Crippen molar-refractivity contribution in [2.75, 3.05) is 53.0 Å². The summed E-state index contributed by atoms with van der Waals surface area (Å²) in [5.41, 5.74) is 0.339. The van der Waals surface area contributed by atoms with E-state index in [4.69, 9.17) is 9.15 Å². The van der Waals surface area contributed by atoms with Crippen molar-refractivity contribution < 1.29 is 14.3 Å². The fourth-order valence-corrected chi connectivity index (χ4v) is 4.51. The van der Waals surface area contributed by atoms with Gasteiger partial charge in [0.1, 0.15) is 5.76 Å². The smallest absolute Gasteiger partial charge is 0.117 e. The van der Waals surface area contributed by atoms with E-state index in [-0.39, 0.29) is 0 Å². The molecule has 2 saturated heterocycles. The molecule has 5 nitrogen and oxygen atoms in total. The van der Waals surface area contributed by atoms with Gasteiger partial charge in [0.05, 0.1) is 12.8 Å². The molecule has 0 unspecified atom stereocenters. The second kappa shape index (κ2) is 8.48. The molecule has 0 aromatic carbocycles. The Hall–Kier alpha value is -0.880. The third-order valence-corrected chi connectivity index (χ3v) is 6.13. The lowest BCUT2D eigenvalue weighted by Gasteiger charge is -2.51. The lowest BCUT2D eigenvalue weighted by atomic mass is 9.64. The van der Waals surface area contributed by atoms with Crippen LogP contribution in [0.5, 0.6) is 0 Å². The standard InChI is InChI=1S/C19H32N2O3/c1-23-12-3-8-20-9-5-19(6-10-20)7-11-21(14-17(19)16-22)15-18-4-2-13-24-18/h2,4,13,17,22H,3,5-12,14-16H2,1H3/t17-/m0/s1. The van der Waals surface area contributed by atoms with E-state index < -0.39 is 0 Å². The van der Waals surface area contributed by atoms with Crippen LogP contribution in [0.1, 0.15) is 31.4 Å². The Morgan fingerprint density at radius 1 is 1.25 bits per heavy atom. The van der Waals surface area contributed by atoms with Crippen molar-refractivity contribution >= 4 is 0 Å². The Kier molecular flexibility index (Phi) is 6.33. The lowest BCUT2D eigenvalue weighted by molar-refractivity contribution is -0.0456. The fourth-order valence-electron chi connectivity index (χ4n) is 4.51. The van der Waals surface area contributed by atoms with Gasteiger partial charge in [-0.2, -0.15) is 0 Å². The Labute approximate surface area is 145 Å². The topological polar surface area (TPSA) is 49.1 Å². The number of hydrogen-bond donors (Lipinski definition) is 1. The first-order valence-corrected chi connectivity index (χ1v) is 9.33. The number of ether oxygens (including phenoxy) is 1. The molecule has 0 radical (unpaired) electrons. The van der Waals surface area contributed by atoms with Crippen molar-refractivity contribution in [1.29, 1.82) is 0 Å². The molecule has 1 aromatic rings. The molecule has 5 heteroatoms. The minimum Gasteiger partial charge on any atom is -0.468 e. The largest absolute Gasteiger partial charge is 0.468 e. The molecular weight excluding hydrogens is 304 g/mol. The zero-order valence-electron chi connectivity index (χ0n) is 15.0. The van der Waals surface area contributed by atoms with Gasteiger partial charge in [-0.15, -0.1) is 0 Å². The first-order chi connectivity index (χ1) is 11.8. The predicted molar refractivity (Wildman–Crippen MR) is 93.8 cm³/mol. The maximum Gasteiger partial charge on any atom is 0.117 e. The zero-order chi connectivity index (χ0) is 16.8. The molecule has 1 spiro atoms. The Bertz CT molecular complexity index is 469. The number of aliphatic hydroxyl groups is 1. The number of furan rings is 1. The van der Waals surface area contributed by atoms with Gasteiger partial charge in [0, 0.05) is 39.3 Å². The monoisotopic (exact) mass is 336 g/mol. The highest BCUT2D eigenvalue weighted by Gasteiger charge is 2.44. The van der Waals surface area contributed by atoms with Crippen molar-refractivity contribution in [2.24, 2.45) is 11.3 Å². The van der Waals surface area contributed by atoms with E-state index >= 15 is 0 Å². The molecule has 1 aromatic heterocycles. The van der Waals surface area contributed by atoms with E-state index in [1.165, 1.54) is 32.4 Å². The van der Waals surface area contributed by atoms with Gasteiger partial charge < -0.3 is 19.2 Å². The van der Waals surface area contributed by atoms with Crippen LogP contribution in [-0.2, 0) is 11.3 Å². The van der Waals surface area contributed by atoms with Crippen LogP contribution in [0.3, 0.4) is 0 Å². The van der Waals surface area contributed by atoms with Crippen molar-refractivity contribution in [3.8, 4) is 0 Å². The minimum absolute atomic E-state index is 0.304. The number of rotatable bonds is 7. The number of aliphatic hydroxyl groups excluding tert-OH is 1. The van der Waals surface area contributed by atoms with Gasteiger partial charge in [-0.05, 0) is 62.9 Å². The summed E-state index contributed by atoms with van der Waals surface area (Å²) in [7, 11) is 1.77. The van der Waals surface area contributed by atoms with Crippen LogP contribution in [-0.4, -0.2) is 68.0 Å². The number of methoxy groups -OCH3 is 1. The van der Waals surface area contributed by atoms with Crippen molar-refractivity contribution in [3.63, 3.8) is 0 Å². The highest BCUT2D eigenvalue weighted by Crippen LogP contribution is 2.45. The average molecular weight is 336 g/mol. The van der Waals surface area contributed by atoms with Crippen LogP contribution in [0.15, 0.2) is 22.8 Å². The van der Waals surface area contributed by atoms with Gasteiger partial charge in [-0.25, -0.2) is 0 Å². The first-order valence-electron chi connectivity index (χ1n) is 9.33. The van der Waals surface area contributed by atoms with E-state index in [1.807, 2.05) is 12.1 Å². The van der Waals surface area contributed by atoms with Crippen LogP contribution in [0.2, 0.25) is 0 Å². The van der Waals surface area contributed by atoms with Crippen molar-refractivity contribution in [3.05, 3.63) is 24.2 Å². The third kappa shape index (κ3) is 4.20. The Morgan fingerprint density at radius 3 is 2.62 bits per heavy atom. The van der Waals surface area contributed by atoms with Crippen molar-refractivity contribution in [1.82, 2.24) is 9.80 Å². The van der Waals surface area contributed by atoms with E-state index in [1.54, 1.807) is 13.4 Å². The predicted octanol–water partition coefficient (Wildman–Crippen LogP) is 2.21. The molecule has 2 aliphatic heterocycles. The Morgan fingerprint density at radius 2 is 2.00 bits per heavy atom. The number of likely N-dealkylation sites (tertiary alicyclic amines) is 2. The highest BCUT2D eigenvalue weighted by atomic mass is 16.5. The zero-order valence-corrected chi connectivity index (χ0v) is 15.0. The van der Waals surface area contributed by atoms with Gasteiger partial charge in [-0.3, -0.25) is 4.90 Å². The molecule has 24 heavy (non-hydrogen) atoms. The fraction of sp³-hybridized carbons (Fsp3) is 0.789. The molecule has 0 bridgehead atoms. The molecular formula is C19H32N2O3. The summed E-state index contributed by atoms with van der Waals surface area (Å²) < 4.78 is 10.6. The van der Waals surface area contributed by atoms with Gasteiger partial charge in [0.25, 0.3) is 0 Å². The number of hydrogen-bond acceptors (Lipinski definition) is 5. The molecule has 3 heterocycles. The normalized spacial score (nSPS) is 25.3. The lowest BCUT2D eigenvalue weighted by Crippen LogP contribution is -2.53. The first kappa shape index (κ1) is 17.9. The van der Waals surface area contributed by atoms with Crippen LogP contribution < -0.4 is 0 Å². The van der Waals surface area contributed by atoms with E-state index in [0.29, 0.717) is 17.9 Å². The second-order valence-electron chi connectivity index (χ2n) is 7.49. The van der Waals surface area contributed by atoms with E-state index in [2.05, 4.69) is 9.80 Å². The van der Waals surface area contributed by atoms with Crippen LogP contribution in [0.25, 0.3) is 0 Å². The molecule has 1 atom stereocenters. The maximum absolute atomic E-state index is 10.0. The summed E-state index contributed by atoms with van der Waals surface area (Å²) in [5, 5.41) is 10.0. The summed E-state index contributed by atoms with van der Waals surface area (Å²) >= 11 is 0. The summed E-state index contributed by atoms with van der Waals surface area (Å²) in [6.07, 6.45) is 6.50. The second-order valence-corrected chi connectivity index (χ2v) is 7.49. The van der Waals surface area contributed by atoms with Crippen LogP contribution >= 0.6 is 0 Å². The molecule has 2 aliphatic rings. The van der Waals surface area contributed by atoms with E-state index in [0.717, 1.165) is 45.0 Å². The third-order valence-electron chi connectivity index (χ3n) is 6.13. The average Bonchev–Trinajstić information content (AvgIpc) is 3.12. The minimum atomic E-state index is 0.304. The Balaban J connectivity index is 1.51. The summed E-state index contributed by atoms with van der Waals surface area (Å²) in [6, 6.07) is 3.99. The molecule has 3 rings (SSSR count). The van der Waals surface area contributed by atoms with E-state index in [9.17, 15) is 5.11 Å². The summed E-state index contributed by atoms with van der Waals surface area (Å²) in [5.74, 6) is 1.41. The quantitative estimate of drug-likeness (QED) is 0.774.